The molecule has 0 radical (unpaired) electrons. The van der Waals surface area contributed by atoms with Crippen molar-refractivity contribution >= 4 is 28.5 Å². The fourth-order valence-electron chi connectivity index (χ4n) is 3.03. The molecule has 114 valence electrons. The Hall–Kier alpha value is -1.63. The maximum Gasteiger partial charge on any atom is 0.323 e. The Bertz CT molecular complexity index is 548. The number of likely N-dealkylation sites (tertiary alicyclic amines) is 1. The van der Waals surface area contributed by atoms with E-state index in [0.29, 0.717) is 11.7 Å². The van der Waals surface area contributed by atoms with Gasteiger partial charge < -0.3 is 10.0 Å². The largest absolute Gasteiger partial charge is 0.481 e. The van der Waals surface area contributed by atoms with Crippen LogP contribution in [0.3, 0.4) is 0 Å². The van der Waals surface area contributed by atoms with E-state index < -0.39 is 11.9 Å². The van der Waals surface area contributed by atoms with Crippen molar-refractivity contribution in [3.63, 3.8) is 0 Å². The van der Waals surface area contributed by atoms with Gasteiger partial charge >= 0.3 is 12.0 Å². The number of aromatic nitrogens is 1. The lowest BCUT2D eigenvalue weighted by atomic mass is 9.99. The minimum absolute atomic E-state index is 0.0160. The van der Waals surface area contributed by atoms with E-state index in [1.807, 2.05) is 6.92 Å². The first-order valence-electron chi connectivity index (χ1n) is 7.32. The van der Waals surface area contributed by atoms with Crippen LogP contribution >= 0.6 is 11.3 Å². The molecular formula is C14H19N3O3S. The Morgan fingerprint density at radius 2 is 2.10 bits per heavy atom. The van der Waals surface area contributed by atoms with Gasteiger partial charge in [-0.3, -0.25) is 10.1 Å². The van der Waals surface area contributed by atoms with Crippen molar-refractivity contribution in [3.05, 3.63) is 10.6 Å². The number of carboxylic acid groups (broad SMARTS) is 1. The first-order chi connectivity index (χ1) is 10.0. The van der Waals surface area contributed by atoms with Crippen molar-refractivity contribution in [1.29, 1.82) is 0 Å². The zero-order chi connectivity index (χ0) is 15.0. The molecule has 21 heavy (non-hydrogen) atoms. The number of carbonyl (C=O) groups excluding carboxylic acids is 1. The number of nitrogens with one attached hydrogen (secondary N) is 1. The molecule has 1 aromatic heterocycles. The molecular weight excluding hydrogens is 290 g/mol. The summed E-state index contributed by atoms with van der Waals surface area (Å²) in [6.45, 7) is 2.62. The maximum atomic E-state index is 12.2. The van der Waals surface area contributed by atoms with Gasteiger partial charge in [-0.05, 0) is 31.6 Å². The normalized spacial score (nSPS) is 24.7. The summed E-state index contributed by atoms with van der Waals surface area (Å²) in [7, 11) is 0. The Kier molecular flexibility index (Phi) is 3.84. The van der Waals surface area contributed by atoms with Gasteiger partial charge in [-0.25, -0.2) is 9.78 Å². The van der Waals surface area contributed by atoms with Crippen LogP contribution in [0.4, 0.5) is 9.93 Å². The maximum absolute atomic E-state index is 12.2. The second kappa shape index (κ2) is 5.63. The summed E-state index contributed by atoms with van der Waals surface area (Å²) in [5.41, 5.74) is 1.11. The lowest BCUT2D eigenvalue weighted by molar-refractivity contribution is -0.142. The number of aryl methyl sites for hydroxylation is 2. The molecule has 2 atom stereocenters. The number of carboxylic acids is 1. The number of aliphatic carboxylic acids is 1. The van der Waals surface area contributed by atoms with Crippen molar-refractivity contribution in [1.82, 2.24) is 9.88 Å². The molecule has 0 spiro atoms. The Morgan fingerprint density at radius 1 is 1.33 bits per heavy atom. The molecule has 3 rings (SSSR count). The fraction of sp³-hybridized carbons (Fsp3) is 0.643. The number of carbonyl (C=O) groups is 2. The number of hydrogen-bond acceptors (Lipinski definition) is 4. The van der Waals surface area contributed by atoms with Crippen molar-refractivity contribution in [2.75, 3.05) is 18.4 Å². The van der Waals surface area contributed by atoms with Crippen LogP contribution in [0.5, 0.6) is 0 Å². The van der Waals surface area contributed by atoms with Gasteiger partial charge in [0.15, 0.2) is 5.13 Å². The lowest BCUT2D eigenvalue weighted by Crippen LogP contribution is -2.33. The molecule has 0 aromatic carbocycles. The Labute approximate surface area is 127 Å². The van der Waals surface area contributed by atoms with E-state index >= 15 is 0 Å². The number of thiazole rings is 1. The van der Waals surface area contributed by atoms with Crippen molar-refractivity contribution in [2.45, 2.75) is 32.6 Å². The minimum Gasteiger partial charge on any atom is -0.481 e. The number of fused-ring (bicyclic) bond motifs is 1. The summed E-state index contributed by atoms with van der Waals surface area (Å²) in [6, 6.07) is -0.239. The lowest BCUT2D eigenvalue weighted by Gasteiger charge is -2.15. The monoisotopic (exact) mass is 309 g/mol. The van der Waals surface area contributed by atoms with Crippen molar-refractivity contribution in [2.24, 2.45) is 11.8 Å². The number of urea groups is 1. The van der Waals surface area contributed by atoms with Gasteiger partial charge in [-0.2, -0.15) is 0 Å². The van der Waals surface area contributed by atoms with E-state index in [9.17, 15) is 9.59 Å². The standard InChI is InChI=1S/C14H19N3O3S/c1-8-6-17(7-9(8)12(18)19)14(20)16-13-15-10-4-2-3-5-11(10)21-13/h8-9H,2-7H2,1H3,(H,18,19)(H,15,16,20). The topological polar surface area (TPSA) is 82.5 Å². The molecule has 1 saturated heterocycles. The van der Waals surface area contributed by atoms with Gasteiger partial charge in [0.05, 0.1) is 11.6 Å². The van der Waals surface area contributed by atoms with Crippen LogP contribution < -0.4 is 5.32 Å². The highest BCUT2D eigenvalue weighted by Gasteiger charge is 2.37. The van der Waals surface area contributed by atoms with Gasteiger partial charge in [0.1, 0.15) is 0 Å². The summed E-state index contributed by atoms with van der Waals surface area (Å²) in [4.78, 5) is 30.7. The molecule has 2 heterocycles. The minimum atomic E-state index is -0.831. The summed E-state index contributed by atoms with van der Waals surface area (Å²) in [5, 5.41) is 12.6. The van der Waals surface area contributed by atoms with E-state index in [4.69, 9.17) is 5.11 Å². The second-order valence-electron chi connectivity index (χ2n) is 5.85. The Morgan fingerprint density at radius 3 is 2.76 bits per heavy atom. The highest BCUT2D eigenvalue weighted by atomic mass is 32.1. The van der Waals surface area contributed by atoms with Gasteiger partial charge in [0.25, 0.3) is 0 Å². The number of hydrogen-bond donors (Lipinski definition) is 2. The molecule has 1 aliphatic carbocycles. The third-order valence-corrected chi connectivity index (χ3v) is 5.35. The van der Waals surface area contributed by atoms with Crippen molar-refractivity contribution < 1.29 is 14.7 Å². The summed E-state index contributed by atoms with van der Waals surface area (Å²) < 4.78 is 0. The van der Waals surface area contributed by atoms with Crippen LogP contribution in [-0.2, 0) is 17.6 Å². The second-order valence-corrected chi connectivity index (χ2v) is 6.94. The van der Waals surface area contributed by atoms with E-state index in [1.54, 1.807) is 16.2 Å². The molecule has 2 amide bonds. The van der Waals surface area contributed by atoms with Gasteiger partial charge in [0.2, 0.25) is 0 Å². The van der Waals surface area contributed by atoms with Gasteiger partial charge in [-0.15, -0.1) is 11.3 Å². The number of anilines is 1. The van der Waals surface area contributed by atoms with Crippen LogP contribution in [0.2, 0.25) is 0 Å². The fourth-order valence-corrected chi connectivity index (χ4v) is 4.07. The zero-order valence-corrected chi connectivity index (χ0v) is 12.8. The molecule has 2 aliphatic rings. The summed E-state index contributed by atoms with van der Waals surface area (Å²) >= 11 is 1.54. The number of nitrogens with zero attached hydrogens (tertiary/aromatic N) is 2. The number of amides is 2. The highest BCUT2D eigenvalue weighted by Crippen LogP contribution is 2.30. The molecule has 1 fully saturated rings. The molecule has 6 nitrogen and oxygen atoms in total. The number of rotatable bonds is 2. The third-order valence-electron chi connectivity index (χ3n) is 4.28. The van der Waals surface area contributed by atoms with E-state index in [-0.39, 0.29) is 18.5 Å². The molecule has 0 saturated carbocycles. The molecule has 2 N–H and O–H groups in total. The van der Waals surface area contributed by atoms with Crippen LogP contribution in [-0.4, -0.2) is 40.1 Å². The average molecular weight is 309 g/mol. The van der Waals surface area contributed by atoms with E-state index in [1.165, 1.54) is 11.3 Å². The average Bonchev–Trinajstić information content (AvgIpc) is 3.01. The zero-order valence-electron chi connectivity index (χ0n) is 12.0. The van der Waals surface area contributed by atoms with Crippen LogP contribution in [0, 0.1) is 11.8 Å². The summed E-state index contributed by atoms with van der Waals surface area (Å²) in [6.07, 6.45) is 4.38. The Balaban J connectivity index is 1.64. The van der Waals surface area contributed by atoms with Crippen LogP contribution in [0.15, 0.2) is 0 Å². The van der Waals surface area contributed by atoms with Crippen molar-refractivity contribution in [3.8, 4) is 0 Å². The quantitative estimate of drug-likeness (QED) is 0.877. The van der Waals surface area contributed by atoms with E-state index in [0.717, 1.165) is 25.0 Å². The first-order valence-corrected chi connectivity index (χ1v) is 8.13. The van der Waals surface area contributed by atoms with Crippen LogP contribution in [0.25, 0.3) is 0 Å². The summed E-state index contributed by atoms with van der Waals surface area (Å²) in [5.74, 6) is -1.32. The molecule has 7 heteroatoms. The molecule has 1 aliphatic heterocycles. The van der Waals surface area contributed by atoms with Gasteiger partial charge in [-0.1, -0.05) is 6.92 Å². The molecule has 2 unspecified atom stereocenters. The smallest absolute Gasteiger partial charge is 0.323 e. The van der Waals surface area contributed by atoms with Gasteiger partial charge in [0, 0.05) is 18.0 Å². The van der Waals surface area contributed by atoms with Crippen LogP contribution in [0.1, 0.15) is 30.3 Å². The molecule has 0 bridgehead atoms. The predicted octanol–water partition coefficient (Wildman–Crippen LogP) is 2.21. The third kappa shape index (κ3) is 2.88. The first kappa shape index (κ1) is 14.3. The SMILES string of the molecule is CC1CN(C(=O)Nc2nc3c(s2)CCCC3)CC1C(=O)O. The highest BCUT2D eigenvalue weighted by molar-refractivity contribution is 7.15. The van der Waals surface area contributed by atoms with E-state index in [2.05, 4.69) is 10.3 Å². The predicted molar refractivity (Wildman–Crippen MR) is 79.6 cm³/mol. The molecule has 1 aromatic rings.